The van der Waals surface area contributed by atoms with E-state index in [1.165, 1.54) is 5.56 Å². The molecule has 2 nitrogen and oxygen atoms in total. The zero-order valence-corrected chi connectivity index (χ0v) is 12.9. The molecule has 0 saturated carbocycles. The maximum atomic E-state index is 6.27. The minimum absolute atomic E-state index is 0.122. The molecule has 1 unspecified atom stereocenters. The summed E-state index contributed by atoms with van der Waals surface area (Å²) in [6.07, 6.45) is 0.770. The Hall–Kier alpha value is -1.58. The summed E-state index contributed by atoms with van der Waals surface area (Å²) >= 11 is 3.44. The molecule has 0 aliphatic rings. The summed E-state index contributed by atoms with van der Waals surface area (Å²) in [5.74, 6) is 0.845. The standard InChI is InChI=1S/C17H16BrNO/c1-11-3-2-4-13-10-16(20-17(11)13)15(19)9-12-5-7-14(18)8-6-12/h2-8,10,15H,9,19H2,1H3. The van der Waals surface area contributed by atoms with E-state index in [-0.39, 0.29) is 6.04 Å². The second-order valence-electron chi connectivity index (χ2n) is 5.08. The number of rotatable bonds is 3. The quantitative estimate of drug-likeness (QED) is 0.753. The second-order valence-corrected chi connectivity index (χ2v) is 5.99. The lowest BCUT2D eigenvalue weighted by molar-refractivity contribution is 0.493. The summed E-state index contributed by atoms with van der Waals surface area (Å²) in [6, 6.07) is 16.3. The molecule has 3 rings (SSSR count). The normalized spacial score (nSPS) is 12.8. The molecular formula is C17H16BrNO. The van der Waals surface area contributed by atoms with Crippen LogP contribution >= 0.6 is 15.9 Å². The number of hydrogen-bond acceptors (Lipinski definition) is 2. The van der Waals surface area contributed by atoms with E-state index in [2.05, 4.69) is 47.1 Å². The van der Waals surface area contributed by atoms with Crippen LogP contribution in [0.15, 0.2) is 57.4 Å². The Morgan fingerprint density at radius 2 is 1.90 bits per heavy atom. The SMILES string of the molecule is Cc1cccc2cc(C(N)Cc3ccc(Br)cc3)oc12. The Labute approximate surface area is 126 Å². The van der Waals surface area contributed by atoms with Crippen LogP contribution in [0.1, 0.15) is 22.9 Å². The molecule has 0 spiro atoms. The summed E-state index contributed by atoms with van der Waals surface area (Å²) < 4.78 is 7.00. The summed E-state index contributed by atoms with van der Waals surface area (Å²) in [5, 5.41) is 1.12. The van der Waals surface area contributed by atoms with Crippen LogP contribution in [0, 0.1) is 6.92 Å². The highest BCUT2D eigenvalue weighted by molar-refractivity contribution is 9.10. The van der Waals surface area contributed by atoms with Crippen molar-refractivity contribution in [1.29, 1.82) is 0 Å². The van der Waals surface area contributed by atoms with Gasteiger partial charge in [-0.05, 0) is 42.7 Å². The van der Waals surface area contributed by atoms with Crippen molar-refractivity contribution in [1.82, 2.24) is 0 Å². The Kier molecular flexibility index (Phi) is 3.64. The third-order valence-electron chi connectivity index (χ3n) is 3.49. The highest BCUT2D eigenvalue weighted by Crippen LogP contribution is 2.27. The predicted octanol–water partition coefficient (Wildman–Crippen LogP) is 4.75. The molecule has 0 bridgehead atoms. The third kappa shape index (κ3) is 2.65. The molecule has 102 valence electrons. The van der Waals surface area contributed by atoms with E-state index in [0.29, 0.717) is 0 Å². The number of para-hydroxylation sites is 1. The molecule has 0 radical (unpaired) electrons. The molecule has 2 N–H and O–H groups in total. The van der Waals surface area contributed by atoms with Gasteiger partial charge in [-0.2, -0.15) is 0 Å². The van der Waals surface area contributed by atoms with Crippen molar-refractivity contribution in [2.24, 2.45) is 5.73 Å². The highest BCUT2D eigenvalue weighted by Gasteiger charge is 2.13. The summed E-state index contributed by atoms with van der Waals surface area (Å²) in [7, 11) is 0. The minimum atomic E-state index is -0.122. The van der Waals surface area contributed by atoms with Crippen molar-refractivity contribution in [3.8, 4) is 0 Å². The van der Waals surface area contributed by atoms with Crippen molar-refractivity contribution in [3.05, 3.63) is 69.9 Å². The van der Waals surface area contributed by atoms with Crippen LogP contribution in [-0.4, -0.2) is 0 Å². The van der Waals surface area contributed by atoms with Crippen LogP contribution in [0.25, 0.3) is 11.0 Å². The van der Waals surface area contributed by atoms with E-state index < -0.39 is 0 Å². The van der Waals surface area contributed by atoms with E-state index in [4.69, 9.17) is 10.2 Å². The first kappa shape index (κ1) is 13.4. The first-order valence-corrected chi connectivity index (χ1v) is 7.42. The zero-order chi connectivity index (χ0) is 14.1. The number of nitrogens with two attached hydrogens (primary N) is 1. The fourth-order valence-corrected chi connectivity index (χ4v) is 2.65. The molecule has 2 aromatic carbocycles. The van der Waals surface area contributed by atoms with Crippen LogP contribution < -0.4 is 5.73 Å². The number of benzene rings is 2. The molecule has 3 aromatic rings. The van der Waals surface area contributed by atoms with Crippen LogP contribution in [0.3, 0.4) is 0 Å². The number of furan rings is 1. The Balaban J connectivity index is 1.86. The molecular weight excluding hydrogens is 314 g/mol. The maximum Gasteiger partial charge on any atom is 0.137 e. The van der Waals surface area contributed by atoms with Crippen LogP contribution in [0.5, 0.6) is 0 Å². The molecule has 1 heterocycles. The van der Waals surface area contributed by atoms with Crippen molar-refractivity contribution < 1.29 is 4.42 Å². The average Bonchev–Trinajstić information content (AvgIpc) is 2.87. The molecule has 0 fully saturated rings. The van der Waals surface area contributed by atoms with Crippen LogP contribution in [-0.2, 0) is 6.42 Å². The smallest absolute Gasteiger partial charge is 0.137 e. The number of halogens is 1. The summed E-state index contributed by atoms with van der Waals surface area (Å²) in [5.41, 5.74) is 9.56. The van der Waals surface area contributed by atoms with Crippen molar-refractivity contribution in [3.63, 3.8) is 0 Å². The number of aryl methyl sites for hydroxylation is 1. The first-order valence-electron chi connectivity index (χ1n) is 6.62. The summed E-state index contributed by atoms with van der Waals surface area (Å²) in [6.45, 7) is 2.05. The first-order chi connectivity index (χ1) is 9.63. The summed E-state index contributed by atoms with van der Waals surface area (Å²) in [4.78, 5) is 0. The van der Waals surface area contributed by atoms with Gasteiger partial charge in [0, 0.05) is 9.86 Å². The van der Waals surface area contributed by atoms with Gasteiger partial charge < -0.3 is 10.2 Å². The molecule has 0 saturated heterocycles. The van der Waals surface area contributed by atoms with Crippen LogP contribution in [0.2, 0.25) is 0 Å². The van der Waals surface area contributed by atoms with E-state index in [1.54, 1.807) is 0 Å². The van der Waals surface area contributed by atoms with E-state index in [0.717, 1.165) is 33.2 Å². The fraction of sp³-hybridized carbons (Fsp3) is 0.176. The fourth-order valence-electron chi connectivity index (χ4n) is 2.39. The van der Waals surface area contributed by atoms with Crippen molar-refractivity contribution in [2.75, 3.05) is 0 Å². The van der Waals surface area contributed by atoms with Gasteiger partial charge in [0.05, 0.1) is 6.04 Å². The molecule has 1 atom stereocenters. The largest absolute Gasteiger partial charge is 0.459 e. The topological polar surface area (TPSA) is 39.2 Å². The Morgan fingerprint density at radius 1 is 1.15 bits per heavy atom. The van der Waals surface area contributed by atoms with E-state index in [1.807, 2.05) is 24.3 Å². The predicted molar refractivity (Wildman–Crippen MR) is 85.7 cm³/mol. The van der Waals surface area contributed by atoms with Gasteiger partial charge in [0.15, 0.2) is 0 Å². The van der Waals surface area contributed by atoms with Gasteiger partial charge >= 0.3 is 0 Å². The molecule has 3 heteroatoms. The van der Waals surface area contributed by atoms with Gasteiger partial charge in [-0.1, -0.05) is 46.3 Å². The van der Waals surface area contributed by atoms with Gasteiger partial charge in [0.2, 0.25) is 0 Å². The number of hydrogen-bond donors (Lipinski definition) is 1. The monoisotopic (exact) mass is 329 g/mol. The molecule has 0 aliphatic heterocycles. The van der Waals surface area contributed by atoms with Crippen LogP contribution in [0.4, 0.5) is 0 Å². The van der Waals surface area contributed by atoms with Crippen molar-refractivity contribution >= 4 is 26.9 Å². The van der Waals surface area contributed by atoms with E-state index in [9.17, 15) is 0 Å². The lowest BCUT2D eigenvalue weighted by Gasteiger charge is -2.08. The average molecular weight is 330 g/mol. The van der Waals surface area contributed by atoms with Gasteiger partial charge in [-0.15, -0.1) is 0 Å². The molecule has 1 aromatic heterocycles. The zero-order valence-electron chi connectivity index (χ0n) is 11.3. The third-order valence-corrected chi connectivity index (χ3v) is 4.02. The van der Waals surface area contributed by atoms with Gasteiger partial charge in [0.25, 0.3) is 0 Å². The highest BCUT2D eigenvalue weighted by atomic mass is 79.9. The minimum Gasteiger partial charge on any atom is -0.459 e. The van der Waals surface area contributed by atoms with Gasteiger partial charge in [-0.3, -0.25) is 0 Å². The van der Waals surface area contributed by atoms with Gasteiger partial charge in [-0.25, -0.2) is 0 Å². The number of fused-ring (bicyclic) bond motifs is 1. The molecule has 20 heavy (non-hydrogen) atoms. The van der Waals surface area contributed by atoms with Gasteiger partial charge in [0.1, 0.15) is 11.3 Å². The molecule has 0 aliphatic carbocycles. The molecule has 0 amide bonds. The van der Waals surface area contributed by atoms with E-state index >= 15 is 0 Å². The maximum absolute atomic E-state index is 6.27. The second kappa shape index (κ2) is 5.43. The Bertz CT molecular complexity index is 730. The van der Waals surface area contributed by atoms with Crippen molar-refractivity contribution in [2.45, 2.75) is 19.4 Å². The lowest BCUT2D eigenvalue weighted by Crippen LogP contribution is -2.12. The lowest BCUT2D eigenvalue weighted by atomic mass is 10.0. The Morgan fingerprint density at radius 3 is 2.60 bits per heavy atom.